The highest BCUT2D eigenvalue weighted by Crippen LogP contribution is 2.17. The maximum atomic E-state index is 4.29. The lowest BCUT2D eigenvalue weighted by molar-refractivity contribution is 1.24. The van der Waals surface area contributed by atoms with Gasteiger partial charge in [-0.2, -0.15) is 0 Å². The van der Waals surface area contributed by atoms with Crippen molar-refractivity contribution in [2.45, 2.75) is 6.42 Å². The molecule has 0 amide bonds. The molecule has 0 radical (unpaired) electrons. The molecular formula is C13H12N2. The Kier molecular flexibility index (Phi) is 2.88. The summed E-state index contributed by atoms with van der Waals surface area (Å²) >= 11 is 0. The summed E-state index contributed by atoms with van der Waals surface area (Å²) in [6.45, 7) is 3.90. The molecule has 0 fully saturated rings. The zero-order chi connectivity index (χ0) is 10.5. The minimum Gasteiger partial charge on any atom is -0.255 e. The van der Waals surface area contributed by atoms with Gasteiger partial charge in [-0.1, -0.05) is 30.9 Å². The maximum Gasteiger partial charge on any atom is 0.0952 e. The van der Waals surface area contributed by atoms with Crippen molar-refractivity contribution in [1.29, 1.82) is 0 Å². The van der Waals surface area contributed by atoms with Gasteiger partial charge in [0.1, 0.15) is 0 Å². The van der Waals surface area contributed by atoms with Gasteiger partial charge in [0.05, 0.1) is 11.4 Å². The van der Waals surface area contributed by atoms with Gasteiger partial charge >= 0.3 is 0 Å². The maximum absolute atomic E-state index is 4.29. The molecule has 0 saturated carbocycles. The van der Waals surface area contributed by atoms with Gasteiger partial charge in [0.2, 0.25) is 0 Å². The molecule has 0 bridgehead atoms. The fraction of sp³-hybridized carbons (Fsp3) is 0.0769. The third-order valence-corrected chi connectivity index (χ3v) is 2.13. The van der Waals surface area contributed by atoms with Gasteiger partial charge in [0, 0.05) is 18.0 Å². The molecule has 0 aromatic carbocycles. The summed E-state index contributed by atoms with van der Waals surface area (Å²) in [6, 6.07) is 3.94. The van der Waals surface area contributed by atoms with Crippen molar-refractivity contribution >= 4 is 18.0 Å². The lowest BCUT2D eigenvalue weighted by atomic mass is 10.1. The number of allylic oxidation sites excluding steroid dienone is 3. The molecule has 74 valence electrons. The van der Waals surface area contributed by atoms with Crippen LogP contribution in [0.25, 0.3) is 11.8 Å². The standard InChI is InChI=1S/C13H12N2/c1-11-13-12(8-6-10-15-13)7-4-2-3-5-9-14-11/h3-10H,1-2H2/b5-3-,7-4-,14-9-. The minimum atomic E-state index is 0.696. The Morgan fingerprint density at radius 2 is 2.20 bits per heavy atom. The summed E-state index contributed by atoms with van der Waals surface area (Å²) in [4.78, 5) is 8.51. The molecule has 0 aliphatic carbocycles. The van der Waals surface area contributed by atoms with Crippen LogP contribution in [-0.2, 0) is 0 Å². The van der Waals surface area contributed by atoms with E-state index < -0.39 is 0 Å². The van der Waals surface area contributed by atoms with Crippen molar-refractivity contribution in [3.05, 3.63) is 54.4 Å². The van der Waals surface area contributed by atoms with Crippen LogP contribution in [0, 0.1) is 0 Å². The van der Waals surface area contributed by atoms with Crippen molar-refractivity contribution in [1.82, 2.24) is 4.98 Å². The van der Waals surface area contributed by atoms with Crippen LogP contribution in [0.1, 0.15) is 17.7 Å². The summed E-state index contributed by atoms with van der Waals surface area (Å²) in [7, 11) is 0. The second-order valence-corrected chi connectivity index (χ2v) is 3.23. The van der Waals surface area contributed by atoms with Gasteiger partial charge in [-0.25, -0.2) is 0 Å². The van der Waals surface area contributed by atoms with E-state index >= 15 is 0 Å². The molecule has 2 rings (SSSR count). The third kappa shape index (κ3) is 2.29. The molecule has 2 nitrogen and oxygen atoms in total. The Hall–Kier alpha value is -1.96. The SMILES string of the molecule is C=C1/N=C\C=C/C/C=C\c2cccnc21. The molecule has 15 heavy (non-hydrogen) atoms. The number of rotatable bonds is 0. The van der Waals surface area contributed by atoms with Crippen LogP contribution in [0.15, 0.2) is 48.1 Å². The number of aromatic nitrogens is 1. The molecule has 0 spiro atoms. The topological polar surface area (TPSA) is 25.2 Å². The van der Waals surface area contributed by atoms with Gasteiger partial charge in [-0.3, -0.25) is 9.98 Å². The Balaban J connectivity index is 2.48. The highest BCUT2D eigenvalue weighted by Gasteiger charge is 2.03. The monoisotopic (exact) mass is 196 g/mol. The second kappa shape index (κ2) is 4.51. The second-order valence-electron chi connectivity index (χ2n) is 3.23. The Morgan fingerprint density at radius 1 is 1.27 bits per heavy atom. The summed E-state index contributed by atoms with van der Waals surface area (Å²) in [5.74, 6) is 0. The normalized spacial score (nSPS) is 21.5. The van der Waals surface area contributed by atoms with Gasteiger partial charge in [0.25, 0.3) is 0 Å². The predicted molar refractivity (Wildman–Crippen MR) is 64.6 cm³/mol. The van der Waals surface area contributed by atoms with E-state index in [-0.39, 0.29) is 0 Å². The van der Waals surface area contributed by atoms with Gasteiger partial charge in [-0.05, 0) is 18.6 Å². The largest absolute Gasteiger partial charge is 0.255 e. The lowest BCUT2D eigenvalue weighted by Crippen LogP contribution is -1.90. The first-order chi connectivity index (χ1) is 7.38. The molecule has 2 heteroatoms. The lowest BCUT2D eigenvalue weighted by Gasteiger charge is -2.03. The van der Waals surface area contributed by atoms with E-state index in [1.807, 2.05) is 18.2 Å². The highest BCUT2D eigenvalue weighted by molar-refractivity contribution is 5.81. The van der Waals surface area contributed by atoms with Crippen LogP contribution in [0.5, 0.6) is 0 Å². The predicted octanol–water partition coefficient (Wildman–Crippen LogP) is 3.10. The molecule has 1 aromatic heterocycles. The number of pyridine rings is 1. The van der Waals surface area contributed by atoms with Crippen molar-refractivity contribution in [2.24, 2.45) is 4.99 Å². The Morgan fingerprint density at radius 3 is 3.13 bits per heavy atom. The van der Waals surface area contributed by atoms with E-state index in [9.17, 15) is 0 Å². The number of nitrogens with zero attached hydrogens (tertiary/aromatic N) is 2. The zero-order valence-corrected chi connectivity index (χ0v) is 8.43. The van der Waals surface area contributed by atoms with Crippen molar-refractivity contribution in [2.75, 3.05) is 0 Å². The first kappa shape index (κ1) is 9.59. The smallest absolute Gasteiger partial charge is 0.0952 e. The molecule has 0 atom stereocenters. The molecule has 0 saturated heterocycles. The van der Waals surface area contributed by atoms with Gasteiger partial charge in [0.15, 0.2) is 0 Å². The van der Waals surface area contributed by atoms with E-state index in [1.165, 1.54) is 0 Å². The summed E-state index contributed by atoms with van der Waals surface area (Å²) in [5, 5.41) is 0. The Labute approximate surface area is 89.4 Å². The molecule has 1 aliphatic heterocycles. The average molecular weight is 196 g/mol. The summed E-state index contributed by atoms with van der Waals surface area (Å²) in [6.07, 6.45) is 12.5. The first-order valence-corrected chi connectivity index (χ1v) is 4.88. The summed E-state index contributed by atoms with van der Waals surface area (Å²) in [5.41, 5.74) is 2.61. The van der Waals surface area contributed by atoms with Gasteiger partial charge < -0.3 is 0 Å². The van der Waals surface area contributed by atoms with Crippen LogP contribution in [0.2, 0.25) is 0 Å². The minimum absolute atomic E-state index is 0.696. The van der Waals surface area contributed by atoms with E-state index in [0.29, 0.717) is 5.70 Å². The average Bonchev–Trinajstić information content (AvgIpc) is 2.28. The molecule has 1 aromatic rings. The fourth-order valence-electron chi connectivity index (χ4n) is 1.40. The number of hydrogen-bond acceptors (Lipinski definition) is 2. The van der Waals surface area contributed by atoms with Crippen LogP contribution >= 0.6 is 0 Å². The third-order valence-electron chi connectivity index (χ3n) is 2.13. The van der Waals surface area contributed by atoms with E-state index in [1.54, 1.807) is 12.4 Å². The van der Waals surface area contributed by atoms with E-state index in [0.717, 1.165) is 17.7 Å². The van der Waals surface area contributed by atoms with Crippen LogP contribution in [0.4, 0.5) is 0 Å². The number of fused-ring (bicyclic) bond motifs is 1. The molecule has 0 N–H and O–H groups in total. The molecule has 1 aliphatic rings. The summed E-state index contributed by atoms with van der Waals surface area (Å²) < 4.78 is 0. The highest BCUT2D eigenvalue weighted by atomic mass is 14.8. The quantitative estimate of drug-likeness (QED) is 0.626. The fourth-order valence-corrected chi connectivity index (χ4v) is 1.40. The van der Waals surface area contributed by atoms with E-state index in [2.05, 4.69) is 34.8 Å². The number of hydrogen-bond donors (Lipinski definition) is 0. The van der Waals surface area contributed by atoms with Crippen LogP contribution < -0.4 is 0 Å². The Bertz CT molecular complexity index is 453. The first-order valence-electron chi connectivity index (χ1n) is 4.88. The molecule has 0 unspecified atom stereocenters. The van der Waals surface area contributed by atoms with E-state index in [4.69, 9.17) is 0 Å². The zero-order valence-electron chi connectivity index (χ0n) is 8.43. The van der Waals surface area contributed by atoms with Gasteiger partial charge in [-0.15, -0.1) is 0 Å². The molecule has 2 heterocycles. The molecular weight excluding hydrogens is 184 g/mol. The van der Waals surface area contributed by atoms with Crippen LogP contribution in [0.3, 0.4) is 0 Å². The number of aliphatic imine (C=N–C) groups is 1. The van der Waals surface area contributed by atoms with Crippen LogP contribution in [-0.4, -0.2) is 11.2 Å². The van der Waals surface area contributed by atoms with Crippen molar-refractivity contribution in [3.63, 3.8) is 0 Å². The van der Waals surface area contributed by atoms with Crippen molar-refractivity contribution < 1.29 is 0 Å². The van der Waals surface area contributed by atoms with Crippen molar-refractivity contribution in [3.8, 4) is 0 Å².